The third kappa shape index (κ3) is 6.66. The third-order valence-electron chi connectivity index (χ3n) is 2.45. The number of rotatable bonds is 8. The first-order valence-electron chi connectivity index (χ1n) is 5.52. The van der Waals surface area contributed by atoms with Crippen molar-refractivity contribution >= 4 is 0 Å². The molecule has 0 saturated heterocycles. The molecule has 1 N–H and O–H groups in total. The Labute approximate surface area is 77.9 Å². The van der Waals surface area contributed by atoms with E-state index in [1.807, 2.05) is 0 Å². The number of nitrogens with one attached hydrogen (secondary N) is 1. The maximum absolute atomic E-state index is 3.38. The van der Waals surface area contributed by atoms with Gasteiger partial charge in [-0.2, -0.15) is 0 Å². The fourth-order valence-corrected chi connectivity index (χ4v) is 1.60. The van der Waals surface area contributed by atoms with Crippen LogP contribution in [-0.2, 0) is 0 Å². The molecule has 0 radical (unpaired) electrons. The van der Waals surface area contributed by atoms with E-state index in [2.05, 4.69) is 26.2 Å². The second kappa shape index (κ2) is 9.05. The van der Waals surface area contributed by atoms with E-state index in [1.54, 1.807) is 0 Å². The van der Waals surface area contributed by atoms with Gasteiger partial charge in [0, 0.05) is 6.04 Å². The van der Waals surface area contributed by atoms with Crippen LogP contribution in [0, 0.1) is 0 Å². The fraction of sp³-hybridized carbons (Fsp3) is 1.00. The van der Waals surface area contributed by atoms with Gasteiger partial charge in [-0.25, -0.2) is 0 Å². The molecule has 0 aromatic heterocycles. The van der Waals surface area contributed by atoms with Crippen LogP contribution < -0.4 is 5.32 Å². The summed E-state index contributed by atoms with van der Waals surface area (Å²) < 4.78 is 0. The largest absolute Gasteiger partial charge is 0.317 e. The van der Waals surface area contributed by atoms with Gasteiger partial charge in [0.2, 0.25) is 0 Å². The molecular weight excluding hydrogens is 146 g/mol. The lowest BCUT2D eigenvalue weighted by Gasteiger charge is -2.14. The van der Waals surface area contributed by atoms with Crippen LogP contribution in [0.5, 0.6) is 0 Å². The van der Waals surface area contributed by atoms with Gasteiger partial charge in [0.1, 0.15) is 0 Å². The summed E-state index contributed by atoms with van der Waals surface area (Å²) in [6, 6.07) is 0.770. The molecule has 0 saturated carbocycles. The van der Waals surface area contributed by atoms with E-state index >= 15 is 0 Å². The number of unbranched alkanes of at least 4 members (excludes halogenated alkanes) is 3. The Morgan fingerprint density at radius 3 is 2.17 bits per heavy atom. The SMILES string of the molecule is CCCCCCC(CCC)NC. The number of hydrogen-bond donors (Lipinski definition) is 1. The van der Waals surface area contributed by atoms with Crippen LogP contribution in [0.4, 0.5) is 0 Å². The smallest absolute Gasteiger partial charge is 0.00639 e. The Balaban J connectivity index is 3.19. The molecule has 0 amide bonds. The molecule has 0 aromatic rings. The van der Waals surface area contributed by atoms with Gasteiger partial charge in [0.15, 0.2) is 0 Å². The molecule has 0 bridgehead atoms. The molecule has 1 nitrogen and oxygen atoms in total. The topological polar surface area (TPSA) is 12.0 Å². The fourth-order valence-electron chi connectivity index (χ4n) is 1.60. The maximum atomic E-state index is 3.38. The zero-order valence-corrected chi connectivity index (χ0v) is 9.03. The van der Waals surface area contributed by atoms with Crippen molar-refractivity contribution in [2.45, 2.75) is 64.8 Å². The van der Waals surface area contributed by atoms with Gasteiger partial charge >= 0.3 is 0 Å². The van der Waals surface area contributed by atoms with Gasteiger partial charge in [0.05, 0.1) is 0 Å². The van der Waals surface area contributed by atoms with E-state index in [1.165, 1.54) is 44.9 Å². The summed E-state index contributed by atoms with van der Waals surface area (Å²) in [4.78, 5) is 0. The van der Waals surface area contributed by atoms with E-state index in [0.29, 0.717) is 0 Å². The molecule has 0 rings (SSSR count). The minimum Gasteiger partial charge on any atom is -0.317 e. The van der Waals surface area contributed by atoms with Crippen molar-refractivity contribution < 1.29 is 0 Å². The molecule has 12 heavy (non-hydrogen) atoms. The van der Waals surface area contributed by atoms with E-state index in [-0.39, 0.29) is 0 Å². The molecule has 0 fully saturated rings. The van der Waals surface area contributed by atoms with Crippen molar-refractivity contribution in [1.82, 2.24) is 5.32 Å². The lowest BCUT2D eigenvalue weighted by Crippen LogP contribution is -2.24. The zero-order valence-electron chi connectivity index (χ0n) is 9.03. The van der Waals surface area contributed by atoms with E-state index in [0.717, 1.165) is 6.04 Å². The Bertz CT molecular complexity index is 81.1. The van der Waals surface area contributed by atoms with Crippen LogP contribution in [0.1, 0.15) is 58.8 Å². The van der Waals surface area contributed by atoms with Gasteiger partial charge in [-0.3, -0.25) is 0 Å². The molecule has 0 spiro atoms. The Kier molecular flexibility index (Phi) is 9.02. The normalized spacial score (nSPS) is 13.2. The molecule has 0 aliphatic carbocycles. The quantitative estimate of drug-likeness (QED) is 0.552. The average Bonchev–Trinajstić information content (AvgIpc) is 2.10. The molecule has 0 heterocycles. The molecule has 1 unspecified atom stereocenters. The van der Waals surface area contributed by atoms with Crippen molar-refractivity contribution in [3.63, 3.8) is 0 Å². The van der Waals surface area contributed by atoms with Crippen LogP contribution in [0.25, 0.3) is 0 Å². The average molecular weight is 171 g/mol. The predicted octanol–water partition coefficient (Wildman–Crippen LogP) is 3.34. The summed E-state index contributed by atoms with van der Waals surface area (Å²) in [6.45, 7) is 4.53. The van der Waals surface area contributed by atoms with Crippen molar-refractivity contribution in [1.29, 1.82) is 0 Å². The summed E-state index contributed by atoms with van der Waals surface area (Å²) in [7, 11) is 2.08. The van der Waals surface area contributed by atoms with Crippen molar-refractivity contribution in [2.24, 2.45) is 0 Å². The predicted molar refractivity (Wildman–Crippen MR) is 56.5 cm³/mol. The zero-order chi connectivity index (χ0) is 9.23. The Morgan fingerprint density at radius 1 is 0.917 bits per heavy atom. The molecule has 0 aliphatic heterocycles. The first-order chi connectivity index (χ1) is 5.85. The van der Waals surface area contributed by atoms with Crippen molar-refractivity contribution in [3.05, 3.63) is 0 Å². The standard InChI is InChI=1S/C11H25N/c1-4-6-7-8-10-11(12-3)9-5-2/h11-12H,4-10H2,1-3H3. The van der Waals surface area contributed by atoms with Crippen molar-refractivity contribution in [2.75, 3.05) is 7.05 Å². The molecule has 74 valence electrons. The molecular formula is C11H25N. The van der Waals surface area contributed by atoms with Crippen molar-refractivity contribution in [3.8, 4) is 0 Å². The number of hydrogen-bond acceptors (Lipinski definition) is 1. The highest BCUT2D eigenvalue weighted by molar-refractivity contribution is 4.63. The van der Waals surface area contributed by atoms with Gasteiger partial charge in [-0.05, 0) is 19.9 Å². The van der Waals surface area contributed by atoms with Crippen LogP contribution in [0.15, 0.2) is 0 Å². The lowest BCUT2D eigenvalue weighted by molar-refractivity contribution is 0.457. The molecule has 1 atom stereocenters. The summed E-state index contributed by atoms with van der Waals surface area (Å²) in [5, 5.41) is 3.38. The van der Waals surface area contributed by atoms with E-state index in [4.69, 9.17) is 0 Å². The Hall–Kier alpha value is -0.0400. The van der Waals surface area contributed by atoms with Crippen LogP contribution in [0.3, 0.4) is 0 Å². The van der Waals surface area contributed by atoms with Crippen LogP contribution in [0.2, 0.25) is 0 Å². The minimum absolute atomic E-state index is 0.770. The second-order valence-corrected chi connectivity index (χ2v) is 3.62. The van der Waals surface area contributed by atoms with Gasteiger partial charge in [-0.1, -0.05) is 46.0 Å². The monoisotopic (exact) mass is 171 g/mol. The van der Waals surface area contributed by atoms with Crippen LogP contribution in [-0.4, -0.2) is 13.1 Å². The lowest BCUT2D eigenvalue weighted by atomic mass is 10.0. The van der Waals surface area contributed by atoms with Gasteiger partial charge in [-0.15, -0.1) is 0 Å². The summed E-state index contributed by atoms with van der Waals surface area (Å²) in [5.74, 6) is 0. The molecule has 0 aromatic carbocycles. The highest BCUT2D eigenvalue weighted by atomic mass is 14.9. The third-order valence-corrected chi connectivity index (χ3v) is 2.45. The molecule has 0 aliphatic rings. The van der Waals surface area contributed by atoms with E-state index in [9.17, 15) is 0 Å². The highest BCUT2D eigenvalue weighted by Gasteiger charge is 2.02. The second-order valence-electron chi connectivity index (χ2n) is 3.62. The summed E-state index contributed by atoms with van der Waals surface area (Å²) >= 11 is 0. The molecule has 1 heteroatoms. The van der Waals surface area contributed by atoms with Crippen LogP contribution >= 0.6 is 0 Å². The van der Waals surface area contributed by atoms with Gasteiger partial charge in [0.25, 0.3) is 0 Å². The van der Waals surface area contributed by atoms with E-state index < -0.39 is 0 Å². The van der Waals surface area contributed by atoms with Gasteiger partial charge < -0.3 is 5.32 Å². The first-order valence-corrected chi connectivity index (χ1v) is 5.52. The summed E-state index contributed by atoms with van der Waals surface area (Å²) in [5.41, 5.74) is 0. The maximum Gasteiger partial charge on any atom is 0.00639 e. The Morgan fingerprint density at radius 2 is 1.67 bits per heavy atom. The highest BCUT2D eigenvalue weighted by Crippen LogP contribution is 2.08. The first kappa shape index (κ1) is 12.0. The summed E-state index contributed by atoms with van der Waals surface area (Å²) in [6.07, 6.45) is 9.57. The minimum atomic E-state index is 0.770.